The van der Waals surface area contributed by atoms with Gasteiger partial charge in [0.15, 0.2) is 0 Å². The number of aromatic amines is 1. The van der Waals surface area contributed by atoms with E-state index in [2.05, 4.69) is 15.6 Å². The van der Waals surface area contributed by atoms with Crippen molar-refractivity contribution in [2.45, 2.75) is 11.4 Å². The molecule has 0 spiro atoms. The van der Waals surface area contributed by atoms with Gasteiger partial charge in [0.25, 0.3) is 5.91 Å². The maximum atomic E-state index is 12.1. The summed E-state index contributed by atoms with van der Waals surface area (Å²) in [4.78, 5) is 27.3. The van der Waals surface area contributed by atoms with Crippen LogP contribution in [0.1, 0.15) is 15.9 Å². The normalized spacial score (nSPS) is 13.5. The number of carbonyl (C=O) groups is 2. The highest BCUT2D eigenvalue weighted by Crippen LogP contribution is 2.31. The quantitative estimate of drug-likeness (QED) is 0.808. The van der Waals surface area contributed by atoms with Crippen molar-refractivity contribution >= 4 is 29.3 Å². The molecular formula is C14H13N3O2S. The maximum Gasteiger partial charge on any atom is 0.251 e. The number of rotatable bonds is 3. The first kappa shape index (κ1) is 12.8. The second kappa shape index (κ2) is 5.42. The Balaban J connectivity index is 1.72. The van der Waals surface area contributed by atoms with Crippen LogP contribution < -0.4 is 10.6 Å². The molecule has 1 aromatic heterocycles. The Morgan fingerprint density at radius 1 is 1.35 bits per heavy atom. The molecular weight excluding hydrogens is 274 g/mol. The summed E-state index contributed by atoms with van der Waals surface area (Å²) in [6.07, 6.45) is 3.65. The van der Waals surface area contributed by atoms with Crippen molar-refractivity contribution in [1.29, 1.82) is 0 Å². The summed E-state index contributed by atoms with van der Waals surface area (Å²) in [5.74, 6) is 0.234. The van der Waals surface area contributed by atoms with Crippen LogP contribution in [0.4, 0.5) is 5.69 Å². The number of benzene rings is 1. The van der Waals surface area contributed by atoms with Crippen LogP contribution in [0.2, 0.25) is 0 Å². The molecule has 102 valence electrons. The topological polar surface area (TPSA) is 74.0 Å². The average molecular weight is 287 g/mol. The molecule has 3 rings (SSSR count). The molecule has 0 unspecified atom stereocenters. The van der Waals surface area contributed by atoms with Gasteiger partial charge in [-0.15, -0.1) is 11.8 Å². The van der Waals surface area contributed by atoms with Gasteiger partial charge in [-0.2, -0.15) is 0 Å². The molecule has 1 aliphatic rings. The van der Waals surface area contributed by atoms with Gasteiger partial charge in [-0.3, -0.25) is 9.59 Å². The molecule has 1 aliphatic heterocycles. The van der Waals surface area contributed by atoms with E-state index in [0.29, 0.717) is 23.5 Å². The van der Waals surface area contributed by atoms with Crippen LogP contribution in [0.5, 0.6) is 0 Å². The molecule has 1 aromatic carbocycles. The fourth-order valence-electron chi connectivity index (χ4n) is 1.98. The summed E-state index contributed by atoms with van der Waals surface area (Å²) >= 11 is 1.48. The summed E-state index contributed by atoms with van der Waals surface area (Å²) in [5, 5.41) is 5.62. The van der Waals surface area contributed by atoms with Gasteiger partial charge in [-0.1, -0.05) is 0 Å². The van der Waals surface area contributed by atoms with Crippen molar-refractivity contribution in [1.82, 2.24) is 10.3 Å². The minimum Gasteiger partial charge on any atom is -0.367 e. The van der Waals surface area contributed by atoms with E-state index in [-0.39, 0.29) is 11.8 Å². The Hall–Kier alpha value is -2.21. The second-order valence-electron chi connectivity index (χ2n) is 4.45. The average Bonchev–Trinajstić information content (AvgIpc) is 2.97. The van der Waals surface area contributed by atoms with Crippen LogP contribution in [0, 0.1) is 0 Å². The standard InChI is InChI=1S/C14H13N3O2S/c18-13-8-20-12-2-1-10(5-11(12)17-13)14(19)16-7-9-3-4-15-6-9/h1-6,15H,7-8H2,(H,16,19)(H,17,18). The van der Waals surface area contributed by atoms with E-state index in [0.717, 1.165) is 10.5 Å². The van der Waals surface area contributed by atoms with Crippen molar-refractivity contribution in [2.75, 3.05) is 11.1 Å². The molecule has 2 amide bonds. The van der Waals surface area contributed by atoms with E-state index in [1.807, 2.05) is 24.5 Å². The molecule has 0 aliphatic carbocycles. The number of H-pyrrole nitrogens is 1. The second-order valence-corrected chi connectivity index (χ2v) is 5.47. The fourth-order valence-corrected chi connectivity index (χ4v) is 2.77. The lowest BCUT2D eigenvalue weighted by atomic mass is 10.1. The van der Waals surface area contributed by atoms with Crippen molar-refractivity contribution in [3.05, 3.63) is 47.8 Å². The van der Waals surface area contributed by atoms with Crippen LogP contribution in [0.25, 0.3) is 0 Å². The number of amides is 2. The third-order valence-electron chi connectivity index (χ3n) is 2.99. The SMILES string of the molecule is O=C1CSc2ccc(C(=O)NCc3cc[nH]c3)cc2N1. The monoisotopic (exact) mass is 287 g/mol. The zero-order chi connectivity index (χ0) is 13.9. The summed E-state index contributed by atoms with van der Waals surface area (Å²) in [6.45, 7) is 0.473. The molecule has 20 heavy (non-hydrogen) atoms. The predicted molar refractivity (Wildman–Crippen MR) is 77.8 cm³/mol. The highest BCUT2D eigenvalue weighted by atomic mass is 32.2. The largest absolute Gasteiger partial charge is 0.367 e. The number of aromatic nitrogens is 1. The number of carbonyl (C=O) groups excluding carboxylic acids is 2. The summed E-state index contributed by atoms with van der Waals surface area (Å²) < 4.78 is 0. The third-order valence-corrected chi connectivity index (χ3v) is 4.06. The van der Waals surface area contributed by atoms with Crippen molar-refractivity contribution < 1.29 is 9.59 Å². The summed E-state index contributed by atoms with van der Waals surface area (Å²) in [7, 11) is 0. The lowest BCUT2D eigenvalue weighted by molar-refractivity contribution is -0.113. The predicted octanol–water partition coefficient (Wildman–Crippen LogP) is 1.99. The van der Waals surface area contributed by atoms with E-state index in [1.54, 1.807) is 12.1 Å². The van der Waals surface area contributed by atoms with Gasteiger partial charge < -0.3 is 15.6 Å². The maximum absolute atomic E-state index is 12.1. The number of fused-ring (bicyclic) bond motifs is 1. The number of thioether (sulfide) groups is 1. The minimum absolute atomic E-state index is 0.0348. The van der Waals surface area contributed by atoms with Crippen LogP contribution in [-0.4, -0.2) is 22.6 Å². The van der Waals surface area contributed by atoms with Crippen LogP contribution >= 0.6 is 11.8 Å². The van der Waals surface area contributed by atoms with E-state index >= 15 is 0 Å². The van der Waals surface area contributed by atoms with Crippen molar-refractivity contribution in [3.8, 4) is 0 Å². The molecule has 2 aromatic rings. The molecule has 0 fully saturated rings. The van der Waals surface area contributed by atoms with Crippen molar-refractivity contribution in [3.63, 3.8) is 0 Å². The van der Waals surface area contributed by atoms with Crippen LogP contribution in [0.3, 0.4) is 0 Å². The number of anilines is 1. The first-order valence-electron chi connectivity index (χ1n) is 6.19. The van der Waals surface area contributed by atoms with E-state index in [9.17, 15) is 9.59 Å². The third kappa shape index (κ3) is 2.70. The lowest BCUT2D eigenvalue weighted by Gasteiger charge is -2.16. The molecule has 0 saturated heterocycles. The van der Waals surface area contributed by atoms with E-state index in [1.165, 1.54) is 11.8 Å². The highest BCUT2D eigenvalue weighted by Gasteiger charge is 2.17. The van der Waals surface area contributed by atoms with Crippen molar-refractivity contribution in [2.24, 2.45) is 0 Å². The van der Waals surface area contributed by atoms with E-state index in [4.69, 9.17) is 0 Å². The van der Waals surface area contributed by atoms with Gasteiger partial charge >= 0.3 is 0 Å². The Morgan fingerprint density at radius 3 is 3.05 bits per heavy atom. The fraction of sp³-hybridized carbons (Fsp3) is 0.143. The van der Waals surface area contributed by atoms with Gasteiger partial charge in [0.2, 0.25) is 5.91 Å². The van der Waals surface area contributed by atoms with E-state index < -0.39 is 0 Å². The molecule has 0 bridgehead atoms. The first-order chi connectivity index (χ1) is 9.72. The van der Waals surface area contributed by atoms with Crippen LogP contribution in [-0.2, 0) is 11.3 Å². The van der Waals surface area contributed by atoms with Gasteiger partial charge in [0, 0.05) is 29.4 Å². The first-order valence-corrected chi connectivity index (χ1v) is 7.17. The van der Waals surface area contributed by atoms with Crippen LogP contribution in [0.15, 0.2) is 41.6 Å². The van der Waals surface area contributed by atoms with Gasteiger partial charge in [0.1, 0.15) is 0 Å². The zero-order valence-corrected chi connectivity index (χ0v) is 11.4. The smallest absolute Gasteiger partial charge is 0.251 e. The summed E-state index contributed by atoms with van der Waals surface area (Å²) in [6, 6.07) is 7.26. The zero-order valence-electron chi connectivity index (χ0n) is 10.6. The minimum atomic E-state index is -0.154. The number of hydrogen-bond donors (Lipinski definition) is 3. The molecule has 5 nitrogen and oxygen atoms in total. The Kier molecular flexibility index (Phi) is 3.47. The number of hydrogen-bond acceptors (Lipinski definition) is 3. The molecule has 0 saturated carbocycles. The van der Waals surface area contributed by atoms with Gasteiger partial charge in [0.05, 0.1) is 11.4 Å². The van der Waals surface area contributed by atoms with Gasteiger partial charge in [-0.05, 0) is 29.8 Å². The Bertz CT molecular complexity index is 652. The molecule has 2 heterocycles. The molecule has 6 heteroatoms. The summed E-state index contributed by atoms with van der Waals surface area (Å²) in [5.41, 5.74) is 2.27. The number of nitrogens with one attached hydrogen (secondary N) is 3. The highest BCUT2D eigenvalue weighted by molar-refractivity contribution is 8.00. The molecule has 0 atom stereocenters. The van der Waals surface area contributed by atoms with Gasteiger partial charge in [-0.25, -0.2) is 0 Å². The molecule has 0 radical (unpaired) electrons. The Labute approximate surface area is 120 Å². The lowest BCUT2D eigenvalue weighted by Crippen LogP contribution is -2.24. The molecule has 3 N–H and O–H groups in total. The Morgan fingerprint density at radius 2 is 2.25 bits per heavy atom.